The molecule has 10 heteroatoms. The molecule has 0 N–H and O–H groups in total. The van der Waals surface area contributed by atoms with Crippen molar-refractivity contribution in [1.29, 1.82) is 0 Å². The molecule has 4 rings (SSSR count). The summed E-state index contributed by atoms with van der Waals surface area (Å²) in [6, 6.07) is 10.2. The Morgan fingerprint density at radius 1 is 1.00 bits per heavy atom. The first-order chi connectivity index (χ1) is 15.7. The fourth-order valence-electron chi connectivity index (χ4n) is 3.18. The van der Waals surface area contributed by atoms with Crippen molar-refractivity contribution in [2.75, 3.05) is 7.11 Å². The summed E-state index contributed by atoms with van der Waals surface area (Å²) in [5.74, 6) is 0.983. The molecular formula is C23H18F4N4O2. The van der Waals surface area contributed by atoms with Gasteiger partial charge in [0.1, 0.15) is 23.9 Å². The Labute approximate surface area is 186 Å². The number of halogens is 4. The van der Waals surface area contributed by atoms with Crippen LogP contribution in [-0.2, 0) is 19.8 Å². The minimum absolute atomic E-state index is 0.00800. The number of rotatable bonds is 6. The predicted molar refractivity (Wildman–Crippen MR) is 112 cm³/mol. The molecule has 0 saturated heterocycles. The van der Waals surface area contributed by atoms with E-state index in [1.54, 1.807) is 28.8 Å². The molecule has 0 fully saturated rings. The molecule has 3 heterocycles. The first-order valence-electron chi connectivity index (χ1n) is 9.73. The molecule has 33 heavy (non-hydrogen) atoms. The number of hydrogen-bond acceptors (Lipinski definition) is 5. The van der Waals surface area contributed by atoms with Crippen molar-refractivity contribution in [2.24, 2.45) is 7.05 Å². The Balaban J connectivity index is 1.53. The second-order valence-electron chi connectivity index (χ2n) is 7.12. The number of imidazole rings is 1. The highest BCUT2D eigenvalue weighted by atomic mass is 19.4. The molecular weight excluding hydrogens is 440 g/mol. The van der Waals surface area contributed by atoms with E-state index in [1.807, 2.05) is 13.2 Å². The van der Waals surface area contributed by atoms with E-state index < -0.39 is 17.7 Å². The van der Waals surface area contributed by atoms with Crippen molar-refractivity contribution in [1.82, 2.24) is 19.5 Å². The normalized spacial score (nSPS) is 11.5. The van der Waals surface area contributed by atoms with E-state index in [1.165, 1.54) is 25.4 Å². The van der Waals surface area contributed by atoms with E-state index in [4.69, 9.17) is 9.47 Å². The van der Waals surface area contributed by atoms with Gasteiger partial charge in [0.25, 0.3) is 0 Å². The van der Waals surface area contributed by atoms with Gasteiger partial charge in [-0.15, -0.1) is 0 Å². The molecule has 0 radical (unpaired) electrons. The van der Waals surface area contributed by atoms with Crippen LogP contribution in [0.25, 0.3) is 22.6 Å². The van der Waals surface area contributed by atoms with Gasteiger partial charge < -0.3 is 14.0 Å². The van der Waals surface area contributed by atoms with Crippen LogP contribution in [0.5, 0.6) is 11.5 Å². The number of ether oxygens (including phenoxy) is 2. The van der Waals surface area contributed by atoms with Crippen molar-refractivity contribution in [3.63, 3.8) is 0 Å². The van der Waals surface area contributed by atoms with Crippen LogP contribution in [-0.4, -0.2) is 26.6 Å². The lowest BCUT2D eigenvalue weighted by Crippen LogP contribution is -2.06. The van der Waals surface area contributed by atoms with Crippen molar-refractivity contribution in [2.45, 2.75) is 12.8 Å². The Bertz CT molecular complexity index is 1250. The van der Waals surface area contributed by atoms with Crippen LogP contribution in [0.15, 0.2) is 61.1 Å². The van der Waals surface area contributed by atoms with E-state index >= 15 is 0 Å². The van der Waals surface area contributed by atoms with Crippen LogP contribution >= 0.6 is 0 Å². The largest absolute Gasteiger partial charge is 0.496 e. The summed E-state index contributed by atoms with van der Waals surface area (Å²) in [6.45, 7) is -0.00800. The van der Waals surface area contributed by atoms with E-state index in [0.717, 1.165) is 12.3 Å². The zero-order chi connectivity index (χ0) is 23.6. The Hall–Kier alpha value is -3.95. The topological polar surface area (TPSA) is 62.1 Å². The average molecular weight is 458 g/mol. The summed E-state index contributed by atoms with van der Waals surface area (Å²) in [4.78, 5) is 12.1. The SMILES string of the molecule is COc1cc(OCc2ccc(C(F)(F)F)cn2)ccc1-c1cn(C)c(-c2ccc(F)nc2)n1. The van der Waals surface area contributed by atoms with Crippen molar-refractivity contribution in [3.8, 4) is 34.1 Å². The van der Waals surface area contributed by atoms with Gasteiger partial charge in [0, 0.05) is 42.8 Å². The van der Waals surface area contributed by atoms with Crippen LogP contribution in [0.4, 0.5) is 17.6 Å². The monoisotopic (exact) mass is 458 g/mol. The molecule has 0 aliphatic rings. The molecule has 0 atom stereocenters. The summed E-state index contributed by atoms with van der Waals surface area (Å²) in [6.07, 6.45) is -0.445. The standard InChI is InChI=1S/C23H18F4N4O2/c1-31-12-19(30-22(31)14-3-8-21(24)29-10-14)18-7-6-17(9-20(18)32-2)33-13-16-5-4-15(11-28-16)23(25,26)27/h3-12H,13H2,1-2H3. The molecule has 3 aromatic heterocycles. The second-order valence-corrected chi connectivity index (χ2v) is 7.12. The third kappa shape index (κ3) is 4.94. The quantitative estimate of drug-likeness (QED) is 0.290. The Morgan fingerprint density at radius 2 is 1.82 bits per heavy atom. The number of pyridine rings is 2. The zero-order valence-corrected chi connectivity index (χ0v) is 17.6. The van der Waals surface area contributed by atoms with Gasteiger partial charge in [-0.05, 0) is 36.4 Å². The van der Waals surface area contributed by atoms with Gasteiger partial charge in [-0.3, -0.25) is 4.98 Å². The molecule has 0 amide bonds. The highest BCUT2D eigenvalue weighted by Gasteiger charge is 2.30. The van der Waals surface area contributed by atoms with E-state index in [-0.39, 0.29) is 6.61 Å². The van der Waals surface area contributed by atoms with Gasteiger partial charge in [0.05, 0.1) is 24.1 Å². The molecule has 1 aromatic carbocycles. The minimum atomic E-state index is -4.44. The summed E-state index contributed by atoms with van der Waals surface area (Å²) in [5, 5.41) is 0. The van der Waals surface area contributed by atoms with Crippen LogP contribution in [0, 0.1) is 5.95 Å². The highest BCUT2D eigenvalue weighted by Crippen LogP contribution is 2.34. The van der Waals surface area contributed by atoms with Gasteiger partial charge >= 0.3 is 6.18 Å². The number of hydrogen-bond donors (Lipinski definition) is 0. The zero-order valence-electron chi connectivity index (χ0n) is 17.6. The fourth-order valence-corrected chi connectivity index (χ4v) is 3.18. The Morgan fingerprint density at radius 3 is 2.45 bits per heavy atom. The van der Waals surface area contributed by atoms with Crippen LogP contribution in [0.2, 0.25) is 0 Å². The molecule has 0 aliphatic heterocycles. The van der Waals surface area contributed by atoms with E-state index in [2.05, 4.69) is 15.0 Å². The van der Waals surface area contributed by atoms with Gasteiger partial charge in [-0.2, -0.15) is 17.6 Å². The number of alkyl halides is 3. The summed E-state index contributed by atoms with van der Waals surface area (Å²) >= 11 is 0. The van der Waals surface area contributed by atoms with Crippen molar-refractivity contribution < 1.29 is 27.0 Å². The molecule has 6 nitrogen and oxygen atoms in total. The molecule has 0 unspecified atom stereocenters. The third-order valence-electron chi connectivity index (χ3n) is 4.85. The first-order valence-corrected chi connectivity index (χ1v) is 9.73. The maximum Gasteiger partial charge on any atom is 0.417 e. The number of nitrogens with zero attached hydrogens (tertiary/aromatic N) is 4. The predicted octanol–water partition coefficient (Wildman–Crippen LogP) is 5.29. The minimum Gasteiger partial charge on any atom is -0.496 e. The summed E-state index contributed by atoms with van der Waals surface area (Å²) in [5.41, 5.74) is 1.53. The van der Waals surface area contributed by atoms with Gasteiger partial charge in [0.15, 0.2) is 0 Å². The lowest BCUT2D eigenvalue weighted by atomic mass is 10.1. The van der Waals surface area contributed by atoms with Crippen LogP contribution in [0.1, 0.15) is 11.3 Å². The van der Waals surface area contributed by atoms with Gasteiger partial charge in [-0.1, -0.05) is 0 Å². The number of benzene rings is 1. The van der Waals surface area contributed by atoms with E-state index in [9.17, 15) is 17.6 Å². The van der Waals surface area contributed by atoms with Crippen molar-refractivity contribution >= 4 is 0 Å². The highest BCUT2D eigenvalue weighted by molar-refractivity contribution is 5.71. The van der Waals surface area contributed by atoms with Crippen molar-refractivity contribution in [3.05, 3.63) is 78.3 Å². The van der Waals surface area contributed by atoms with Gasteiger partial charge in [-0.25, -0.2) is 9.97 Å². The maximum absolute atomic E-state index is 13.1. The fraction of sp³-hybridized carbons (Fsp3) is 0.174. The Kier molecular flexibility index (Phi) is 5.99. The molecule has 4 aromatic rings. The van der Waals surface area contributed by atoms with Crippen LogP contribution < -0.4 is 9.47 Å². The van der Waals surface area contributed by atoms with E-state index in [0.29, 0.717) is 39.8 Å². The lowest BCUT2D eigenvalue weighted by molar-refractivity contribution is -0.137. The first kappa shape index (κ1) is 22.3. The lowest BCUT2D eigenvalue weighted by Gasteiger charge is -2.11. The molecule has 0 bridgehead atoms. The molecule has 0 spiro atoms. The van der Waals surface area contributed by atoms with Crippen LogP contribution in [0.3, 0.4) is 0 Å². The second kappa shape index (κ2) is 8.89. The number of aryl methyl sites for hydroxylation is 1. The number of methoxy groups -OCH3 is 1. The molecule has 0 saturated carbocycles. The molecule has 170 valence electrons. The maximum atomic E-state index is 13.1. The number of aromatic nitrogens is 4. The van der Waals surface area contributed by atoms with Gasteiger partial charge in [0.2, 0.25) is 5.95 Å². The average Bonchev–Trinajstić information content (AvgIpc) is 3.19. The smallest absolute Gasteiger partial charge is 0.417 e. The molecule has 0 aliphatic carbocycles. The summed E-state index contributed by atoms with van der Waals surface area (Å²) < 4.78 is 64.1. The third-order valence-corrected chi connectivity index (χ3v) is 4.85. The summed E-state index contributed by atoms with van der Waals surface area (Å²) in [7, 11) is 3.32.